The van der Waals surface area contributed by atoms with Crippen molar-refractivity contribution in [1.82, 2.24) is 9.55 Å². The summed E-state index contributed by atoms with van der Waals surface area (Å²) in [5.41, 5.74) is 2.20. The molecule has 94 valence electrons. The Bertz CT molecular complexity index is 596. The van der Waals surface area contributed by atoms with E-state index in [1.165, 1.54) is 4.88 Å². The van der Waals surface area contributed by atoms with Gasteiger partial charge in [-0.15, -0.1) is 11.3 Å². The molecule has 0 saturated carbocycles. The number of aliphatic carboxylic acids is 1. The molecule has 5 heteroatoms. The Labute approximate surface area is 109 Å². The number of hydrogen-bond acceptors (Lipinski definition) is 3. The van der Waals surface area contributed by atoms with Crippen LogP contribution >= 0.6 is 11.3 Å². The van der Waals surface area contributed by atoms with Gasteiger partial charge in [-0.2, -0.15) is 0 Å². The molecule has 4 nitrogen and oxygen atoms in total. The number of aromatic nitrogens is 2. The van der Waals surface area contributed by atoms with Gasteiger partial charge in [0.25, 0.3) is 0 Å². The van der Waals surface area contributed by atoms with E-state index < -0.39 is 5.97 Å². The van der Waals surface area contributed by atoms with Gasteiger partial charge >= 0.3 is 5.97 Å². The van der Waals surface area contributed by atoms with Gasteiger partial charge in [0.1, 0.15) is 0 Å². The van der Waals surface area contributed by atoms with Crippen LogP contribution in [0.3, 0.4) is 0 Å². The third-order valence-electron chi connectivity index (χ3n) is 2.74. The number of thiophene rings is 1. The minimum atomic E-state index is -0.925. The van der Waals surface area contributed by atoms with Crippen molar-refractivity contribution in [3.8, 4) is 0 Å². The molecular formula is C13H14N2O2S. The molecule has 0 unspecified atom stereocenters. The molecule has 1 N–H and O–H groups in total. The molecule has 0 aliphatic rings. The summed E-state index contributed by atoms with van der Waals surface area (Å²) in [6.07, 6.45) is 4.60. The predicted molar refractivity (Wildman–Crippen MR) is 71.8 cm³/mol. The van der Waals surface area contributed by atoms with Gasteiger partial charge in [0.15, 0.2) is 0 Å². The van der Waals surface area contributed by atoms with Crippen molar-refractivity contribution < 1.29 is 9.90 Å². The first-order valence-corrected chi connectivity index (χ1v) is 6.36. The summed E-state index contributed by atoms with van der Waals surface area (Å²) in [7, 11) is 0. The van der Waals surface area contributed by atoms with Crippen molar-refractivity contribution in [3.05, 3.63) is 45.7 Å². The van der Waals surface area contributed by atoms with Crippen LogP contribution in [0.5, 0.6) is 0 Å². The highest BCUT2D eigenvalue weighted by atomic mass is 32.1. The zero-order valence-electron chi connectivity index (χ0n) is 10.3. The van der Waals surface area contributed by atoms with Crippen LogP contribution in [-0.2, 0) is 11.3 Å². The van der Waals surface area contributed by atoms with Crippen molar-refractivity contribution >= 4 is 23.4 Å². The lowest BCUT2D eigenvalue weighted by Crippen LogP contribution is -1.98. The van der Waals surface area contributed by atoms with Crippen LogP contribution in [0.4, 0.5) is 0 Å². The van der Waals surface area contributed by atoms with Gasteiger partial charge in [-0.05, 0) is 32.1 Å². The molecule has 0 aromatic carbocycles. The molecule has 0 fully saturated rings. The van der Waals surface area contributed by atoms with E-state index in [1.54, 1.807) is 17.4 Å². The number of carboxylic acids is 1. The molecule has 2 aromatic rings. The SMILES string of the molecule is Cc1ncn(Cc2ccc(/C=C/C(=O)O)s2)c1C. The summed E-state index contributed by atoms with van der Waals surface area (Å²) in [5, 5.41) is 8.56. The Morgan fingerprint density at radius 3 is 2.89 bits per heavy atom. The number of imidazole rings is 1. The van der Waals surface area contributed by atoms with Crippen LogP contribution in [0.15, 0.2) is 24.5 Å². The average Bonchev–Trinajstić information content (AvgIpc) is 2.89. The monoisotopic (exact) mass is 262 g/mol. The topological polar surface area (TPSA) is 55.1 Å². The van der Waals surface area contributed by atoms with E-state index in [-0.39, 0.29) is 0 Å². The van der Waals surface area contributed by atoms with Crippen LogP contribution in [0, 0.1) is 13.8 Å². The smallest absolute Gasteiger partial charge is 0.328 e. The third-order valence-corrected chi connectivity index (χ3v) is 3.78. The van der Waals surface area contributed by atoms with Gasteiger partial charge in [0, 0.05) is 21.5 Å². The first-order chi connectivity index (χ1) is 8.56. The molecule has 0 bridgehead atoms. The van der Waals surface area contributed by atoms with Crippen LogP contribution in [0.2, 0.25) is 0 Å². The molecule has 0 saturated heterocycles. The van der Waals surface area contributed by atoms with E-state index in [0.717, 1.165) is 28.9 Å². The van der Waals surface area contributed by atoms with Gasteiger partial charge in [-0.1, -0.05) is 0 Å². The number of aryl methyl sites for hydroxylation is 1. The molecule has 2 heterocycles. The van der Waals surface area contributed by atoms with E-state index in [9.17, 15) is 4.79 Å². The molecular weight excluding hydrogens is 248 g/mol. The first-order valence-electron chi connectivity index (χ1n) is 5.54. The van der Waals surface area contributed by atoms with E-state index in [1.807, 2.05) is 32.3 Å². The Morgan fingerprint density at radius 1 is 1.50 bits per heavy atom. The van der Waals surface area contributed by atoms with Crippen LogP contribution in [-0.4, -0.2) is 20.6 Å². The molecule has 0 aliphatic carbocycles. The lowest BCUT2D eigenvalue weighted by Gasteiger charge is -2.02. The minimum Gasteiger partial charge on any atom is -0.478 e. The molecule has 18 heavy (non-hydrogen) atoms. The predicted octanol–water partition coefficient (Wildman–Crippen LogP) is 2.71. The number of rotatable bonds is 4. The van der Waals surface area contributed by atoms with E-state index in [0.29, 0.717) is 0 Å². The highest BCUT2D eigenvalue weighted by Crippen LogP contribution is 2.20. The second-order valence-corrected chi connectivity index (χ2v) is 5.22. The fourth-order valence-electron chi connectivity index (χ4n) is 1.59. The van der Waals surface area contributed by atoms with Gasteiger partial charge in [-0.25, -0.2) is 9.78 Å². The Hall–Kier alpha value is -1.88. The summed E-state index contributed by atoms with van der Waals surface area (Å²) < 4.78 is 2.09. The normalized spacial score (nSPS) is 11.2. The highest BCUT2D eigenvalue weighted by Gasteiger charge is 2.04. The number of carbonyl (C=O) groups is 1. The lowest BCUT2D eigenvalue weighted by atomic mass is 10.3. The summed E-state index contributed by atoms with van der Waals surface area (Å²) in [6, 6.07) is 3.94. The van der Waals surface area contributed by atoms with Crippen molar-refractivity contribution in [2.45, 2.75) is 20.4 Å². The quantitative estimate of drug-likeness (QED) is 0.862. The maximum atomic E-state index is 10.4. The zero-order valence-corrected chi connectivity index (χ0v) is 11.1. The Kier molecular flexibility index (Phi) is 3.62. The molecule has 0 atom stereocenters. The number of carboxylic acid groups (broad SMARTS) is 1. The van der Waals surface area contributed by atoms with E-state index in [2.05, 4.69) is 9.55 Å². The fourth-order valence-corrected chi connectivity index (χ4v) is 2.51. The second kappa shape index (κ2) is 5.18. The lowest BCUT2D eigenvalue weighted by molar-refractivity contribution is -0.131. The van der Waals surface area contributed by atoms with Crippen LogP contribution in [0.25, 0.3) is 6.08 Å². The zero-order chi connectivity index (χ0) is 13.1. The van der Waals surface area contributed by atoms with E-state index in [4.69, 9.17) is 5.11 Å². The molecule has 2 aromatic heterocycles. The number of hydrogen-bond donors (Lipinski definition) is 1. The summed E-state index contributed by atoms with van der Waals surface area (Å²) in [5.74, 6) is -0.925. The summed E-state index contributed by atoms with van der Waals surface area (Å²) in [4.78, 5) is 16.8. The van der Waals surface area contributed by atoms with Gasteiger partial charge < -0.3 is 9.67 Å². The number of nitrogens with zero attached hydrogens (tertiary/aromatic N) is 2. The molecule has 0 amide bonds. The van der Waals surface area contributed by atoms with Gasteiger partial charge in [-0.3, -0.25) is 0 Å². The van der Waals surface area contributed by atoms with E-state index >= 15 is 0 Å². The Balaban J connectivity index is 2.11. The fraction of sp³-hybridized carbons (Fsp3) is 0.231. The van der Waals surface area contributed by atoms with Crippen molar-refractivity contribution in [2.75, 3.05) is 0 Å². The van der Waals surface area contributed by atoms with Crippen molar-refractivity contribution in [2.24, 2.45) is 0 Å². The van der Waals surface area contributed by atoms with Gasteiger partial charge in [0.2, 0.25) is 0 Å². The largest absolute Gasteiger partial charge is 0.478 e. The maximum Gasteiger partial charge on any atom is 0.328 e. The van der Waals surface area contributed by atoms with Gasteiger partial charge in [0.05, 0.1) is 18.6 Å². The van der Waals surface area contributed by atoms with Crippen molar-refractivity contribution in [1.29, 1.82) is 0 Å². The summed E-state index contributed by atoms with van der Waals surface area (Å²) >= 11 is 1.59. The maximum absolute atomic E-state index is 10.4. The molecule has 2 rings (SSSR count). The Morgan fingerprint density at radius 2 is 2.28 bits per heavy atom. The third kappa shape index (κ3) is 2.87. The first kappa shape index (κ1) is 12.6. The second-order valence-electron chi connectivity index (χ2n) is 4.02. The molecule has 0 aliphatic heterocycles. The van der Waals surface area contributed by atoms with Crippen molar-refractivity contribution in [3.63, 3.8) is 0 Å². The molecule has 0 spiro atoms. The standard InChI is InChI=1S/C13H14N2O2S/c1-9-10(2)15(8-14-9)7-12-4-3-11(18-12)5-6-13(16)17/h3-6,8H,7H2,1-2H3,(H,16,17)/b6-5+. The minimum absolute atomic E-state index is 0.776. The van der Waals surface area contributed by atoms with Crippen LogP contribution < -0.4 is 0 Å². The summed E-state index contributed by atoms with van der Waals surface area (Å²) in [6.45, 7) is 4.81. The molecule has 0 radical (unpaired) electrons. The highest BCUT2D eigenvalue weighted by molar-refractivity contribution is 7.12. The van der Waals surface area contributed by atoms with Crippen LogP contribution in [0.1, 0.15) is 21.1 Å². The average molecular weight is 262 g/mol.